The van der Waals surface area contributed by atoms with E-state index in [2.05, 4.69) is 29.2 Å². The number of thioether (sulfide) groups is 1. The first-order chi connectivity index (χ1) is 7.10. The molecule has 0 aromatic carbocycles. The predicted molar refractivity (Wildman–Crippen MR) is 65.9 cm³/mol. The molecule has 0 saturated carbocycles. The molecule has 0 spiro atoms. The Hall–Kier alpha value is -0.810. The summed E-state index contributed by atoms with van der Waals surface area (Å²) in [4.78, 5) is 8.86. The SMILES string of the molecule is CSCc1nc(C)c(C(C)C)c(NN)n1. The molecule has 0 aliphatic carbocycles. The fourth-order valence-corrected chi connectivity index (χ4v) is 2.02. The highest BCUT2D eigenvalue weighted by molar-refractivity contribution is 7.97. The molecule has 1 heterocycles. The average molecular weight is 226 g/mol. The molecule has 1 aromatic heterocycles. The fraction of sp³-hybridized carbons (Fsp3) is 0.600. The molecular formula is C10H18N4S. The Balaban J connectivity index is 3.18. The van der Waals surface area contributed by atoms with Crippen molar-refractivity contribution in [3.05, 3.63) is 17.1 Å². The number of nitrogens with zero attached hydrogens (tertiary/aromatic N) is 2. The molecule has 0 atom stereocenters. The third-order valence-corrected chi connectivity index (χ3v) is 2.72. The van der Waals surface area contributed by atoms with Gasteiger partial charge in [-0.2, -0.15) is 11.8 Å². The highest BCUT2D eigenvalue weighted by atomic mass is 32.2. The smallest absolute Gasteiger partial charge is 0.147 e. The van der Waals surface area contributed by atoms with E-state index in [9.17, 15) is 0 Å². The minimum absolute atomic E-state index is 0.374. The maximum absolute atomic E-state index is 5.48. The highest BCUT2D eigenvalue weighted by Gasteiger charge is 2.13. The second-order valence-electron chi connectivity index (χ2n) is 3.72. The van der Waals surface area contributed by atoms with Crippen LogP contribution in [0.3, 0.4) is 0 Å². The van der Waals surface area contributed by atoms with Gasteiger partial charge in [0.25, 0.3) is 0 Å². The van der Waals surface area contributed by atoms with Crippen LogP contribution in [-0.4, -0.2) is 16.2 Å². The zero-order chi connectivity index (χ0) is 11.4. The van der Waals surface area contributed by atoms with Crippen molar-refractivity contribution in [2.75, 3.05) is 11.7 Å². The molecule has 84 valence electrons. The third kappa shape index (κ3) is 2.82. The first-order valence-corrected chi connectivity index (χ1v) is 6.32. The number of anilines is 1. The van der Waals surface area contributed by atoms with E-state index in [1.807, 2.05) is 13.2 Å². The van der Waals surface area contributed by atoms with Gasteiger partial charge in [0, 0.05) is 11.3 Å². The maximum atomic E-state index is 5.48. The fourth-order valence-electron chi connectivity index (χ4n) is 1.63. The summed E-state index contributed by atoms with van der Waals surface area (Å²) in [5.41, 5.74) is 4.77. The minimum Gasteiger partial charge on any atom is -0.308 e. The predicted octanol–water partition coefficient (Wildman–Crippen LogP) is 2.06. The Labute approximate surface area is 95.0 Å². The summed E-state index contributed by atoms with van der Waals surface area (Å²) >= 11 is 1.70. The summed E-state index contributed by atoms with van der Waals surface area (Å²) in [6, 6.07) is 0. The topological polar surface area (TPSA) is 63.8 Å². The van der Waals surface area contributed by atoms with Gasteiger partial charge < -0.3 is 5.43 Å². The summed E-state index contributed by atoms with van der Waals surface area (Å²) in [5.74, 6) is 8.25. The maximum Gasteiger partial charge on any atom is 0.147 e. The van der Waals surface area contributed by atoms with Crippen molar-refractivity contribution >= 4 is 17.6 Å². The van der Waals surface area contributed by atoms with Crippen LogP contribution in [0.15, 0.2) is 0 Å². The molecule has 1 aromatic rings. The monoisotopic (exact) mass is 226 g/mol. The van der Waals surface area contributed by atoms with Gasteiger partial charge >= 0.3 is 0 Å². The van der Waals surface area contributed by atoms with Crippen LogP contribution in [0.25, 0.3) is 0 Å². The van der Waals surface area contributed by atoms with E-state index in [4.69, 9.17) is 5.84 Å². The Bertz CT molecular complexity index is 338. The second kappa shape index (κ2) is 5.32. The van der Waals surface area contributed by atoms with Crippen LogP contribution in [0, 0.1) is 6.92 Å². The summed E-state index contributed by atoms with van der Waals surface area (Å²) in [5, 5.41) is 0. The molecule has 0 aliphatic heterocycles. The lowest BCUT2D eigenvalue weighted by Gasteiger charge is -2.14. The van der Waals surface area contributed by atoms with Gasteiger partial charge in [-0.05, 0) is 19.1 Å². The number of rotatable bonds is 4. The molecule has 4 nitrogen and oxygen atoms in total. The van der Waals surface area contributed by atoms with Crippen molar-refractivity contribution in [1.29, 1.82) is 0 Å². The van der Waals surface area contributed by atoms with Gasteiger partial charge in [0.15, 0.2) is 0 Å². The lowest BCUT2D eigenvalue weighted by Crippen LogP contribution is -2.15. The summed E-state index contributed by atoms with van der Waals surface area (Å²) in [6.07, 6.45) is 2.03. The Kier molecular flexibility index (Phi) is 4.35. The second-order valence-corrected chi connectivity index (χ2v) is 4.59. The molecule has 1 rings (SSSR count). The molecule has 0 bridgehead atoms. The molecule has 3 N–H and O–H groups in total. The normalized spacial score (nSPS) is 10.8. The number of hydrogen-bond donors (Lipinski definition) is 2. The molecule has 15 heavy (non-hydrogen) atoms. The van der Waals surface area contributed by atoms with E-state index < -0.39 is 0 Å². The third-order valence-electron chi connectivity index (χ3n) is 2.17. The largest absolute Gasteiger partial charge is 0.308 e. The Morgan fingerprint density at radius 1 is 1.40 bits per heavy atom. The van der Waals surface area contributed by atoms with E-state index in [1.165, 1.54) is 0 Å². The molecule has 0 amide bonds. The van der Waals surface area contributed by atoms with Crippen molar-refractivity contribution < 1.29 is 0 Å². The van der Waals surface area contributed by atoms with Crippen LogP contribution in [0.2, 0.25) is 0 Å². The molecule has 0 saturated heterocycles. The number of aryl methyl sites for hydroxylation is 1. The first kappa shape index (κ1) is 12.3. The molecule has 5 heteroatoms. The number of nitrogens with one attached hydrogen (secondary N) is 1. The number of aromatic nitrogens is 2. The van der Waals surface area contributed by atoms with Gasteiger partial charge in [-0.25, -0.2) is 15.8 Å². The number of hydrazine groups is 1. The molecule has 0 aliphatic rings. The first-order valence-electron chi connectivity index (χ1n) is 4.93. The van der Waals surface area contributed by atoms with Gasteiger partial charge in [-0.3, -0.25) is 0 Å². The zero-order valence-electron chi connectivity index (χ0n) is 9.66. The van der Waals surface area contributed by atoms with Gasteiger partial charge in [-0.15, -0.1) is 0 Å². The van der Waals surface area contributed by atoms with Crippen LogP contribution < -0.4 is 11.3 Å². The van der Waals surface area contributed by atoms with Crippen LogP contribution >= 0.6 is 11.8 Å². The Morgan fingerprint density at radius 2 is 2.07 bits per heavy atom. The number of nitrogens with two attached hydrogens (primary N) is 1. The Morgan fingerprint density at radius 3 is 2.53 bits per heavy atom. The lowest BCUT2D eigenvalue weighted by molar-refractivity contribution is 0.818. The van der Waals surface area contributed by atoms with E-state index in [-0.39, 0.29) is 0 Å². The highest BCUT2D eigenvalue weighted by Crippen LogP contribution is 2.25. The average Bonchev–Trinajstić information content (AvgIpc) is 2.16. The van der Waals surface area contributed by atoms with Crippen molar-refractivity contribution in [3.63, 3.8) is 0 Å². The number of nitrogen functional groups attached to an aromatic ring is 1. The van der Waals surface area contributed by atoms with E-state index in [0.717, 1.165) is 28.7 Å². The van der Waals surface area contributed by atoms with Crippen molar-refractivity contribution in [2.45, 2.75) is 32.4 Å². The lowest BCUT2D eigenvalue weighted by atomic mass is 10.0. The van der Waals surface area contributed by atoms with Gasteiger partial charge in [0.2, 0.25) is 0 Å². The van der Waals surface area contributed by atoms with Crippen LogP contribution in [0.1, 0.15) is 36.8 Å². The van der Waals surface area contributed by atoms with Gasteiger partial charge in [-0.1, -0.05) is 13.8 Å². The summed E-state index contributed by atoms with van der Waals surface area (Å²) < 4.78 is 0. The van der Waals surface area contributed by atoms with Gasteiger partial charge in [0.05, 0.1) is 5.75 Å². The molecule has 0 radical (unpaired) electrons. The van der Waals surface area contributed by atoms with Crippen LogP contribution in [0.5, 0.6) is 0 Å². The van der Waals surface area contributed by atoms with E-state index in [1.54, 1.807) is 11.8 Å². The van der Waals surface area contributed by atoms with Gasteiger partial charge in [0.1, 0.15) is 11.6 Å². The van der Waals surface area contributed by atoms with Crippen molar-refractivity contribution in [1.82, 2.24) is 9.97 Å². The van der Waals surface area contributed by atoms with E-state index >= 15 is 0 Å². The standard InChI is InChI=1S/C10H18N4S/c1-6(2)9-7(3)12-8(5-15-4)13-10(9)14-11/h6H,5,11H2,1-4H3,(H,12,13,14). The molecule has 0 fully saturated rings. The van der Waals surface area contributed by atoms with Crippen molar-refractivity contribution in [2.24, 2.45) is 5.84 Å². The molecular weight excluding hydrogens is 208 g/mol. The van der Waals surface area contributed by atoms with Crippen LogP contribution in [0.4, 0.5) is 5.82 Å². The van der Waals surface area contributed by atoms with E-state index in [0.29, 0.717) is 5.92 Å². The molecule has 0 unspecified atom stereocenters. The summed E-state index contributed by atoms with van der Waals surface area (Å²) in [6.45, 7) is 6.23. The number of hydrogen-bond acceptors (Lipinski definition) is 5. The van der Waals surface area contributed by atoms with Crippen molar-refractivity contribution in [3.8, 4) is 0 Å². The quantitative estimate of drug-likeness (QED) is 0.608. The van der Waals surface area contributed by atoms with Crippen LogP contribution in [-0.2, 0) is 5.75 Å². The zero-order valence-corrected chi connectivity index (χ0v) is 10.5. The summed E-state index contributed by atoms with van der Waals surface area (Å²) in [7, 11) is 0. The minimum atomic E-state index is 0.374.